The van der Waals surface area contributed by atoms with Crippen molar-refractivity contribution in [1.29, 1.82) is 0 Å². The largest absolute Gasteiger partial charge is 0.316 e. The first-order chi connectivity index (χ1) is 7.36. The molecule has 2 heterocycles. The van der Waals surface area contributed by atoms with Gasteiger partial charge < -0.3 is 5.32 Å². The van der Waals surface area contributed by atoms with Crippen molar-refractivity contribution >= 4 is 11.6 Å². The maximum absolute atomic E-state index is 6.40. The van der Waals surface area contributed by atoms with E-state index in [2.05, 4.69) is 10.2 Å². The van der Waals surface area contributed by atoms with Crippen molar-refractivity contribution in [1.82, 2.24) is 10.2 Å². The van der Waals surface area contributed by atoms with Gasteiger partial charge in [-0.05, 0) is 51.9 Å². The van der Waals surface area contributed by atoms with E-state index in [4.69, 9.17) is 11.6 Å². The highest BCUT2D eigenvalue weighted by atomic mass is 35.5. The van der Waals surface area contributed by atoms with Crippen LogP contribution in [0.4, 0.5) is 0 Å². The lowest BCUT2D eigenvalue weighted by molar-refractivity contribution is 0.249. The van der Waals surface area contributed by atoms with Crippen LogP contribution in [0.2, 0.25) is 0 Å². The van der Waals surface area contributed by atoms with Gasteiger partial charge in [-0.3, -0.25) is 4.90 Å². The van der Waals surface area contributed by atoms with E-state index in [0.29, 0.717) is 0 Å². The van der Waals surface area contributed by atoms with Gasteiger partial charge in [0.15, 0.2) is 0 Å². The summed E-state index contributed by atoms with van der Waals surface area (Å²) < 4.78 is 0. The minimum Gasteiger partial charge on any atom is -0.316 e. The molecule has 0 unspecified atom stereocenters. The van der Waals surface area contributed by atoms with E-state index in [9.17, 15) is 0 Å². The number of nitrogens with zero attached hydrogens (tertiary/aromatic N) is 1. The Labute approximate surface area is 97.7 Å². The molecule has 15 heavy (non-hydrogen) atoms. The van der Waals surface area contributed by atoms with Crippen LogP contribution in [0, 0.1) is 0 Å². The van der Waals surface area contributed by atoms with Gasteiger partial charge in [0.2, 0.25) is 0 Å². The summed E-state index contributed by atoms with van der Waals surface area (Å²) in [6.07, 6.45) is 6.38. The molecule has 0 spiro atoms. The average molecular weight is 229 g/mol. The molecule has 2 aliphatic heterocycles. The number of hydrogen-bond acceptors (Lipinski definition) is 2. The fraction of sp³-hybridized carbons (Fsp3) is 0.833. The Bertz CT molecular complexity index is 224. The molecule has 1 N–H and O–H groups in total. The van der Waals surface area contributed by atoms with E-state index >= 15 is 0 Å². The smallest absolute Gasteiger partial charge is 0.0341 e. The van der Waals surface area contributed by atoms with E-state index in [1.807, 2.05) is 0 Å². The molecule has 2 aliphatic rings. The Morgan fingerprint density at radius 3 is 2.47 bits per heavy atom. The highest BCUT2D eigenvalue weighted by Crippen LogP contribution is 2.21. The topological polar surface area (TPSA) is 15.3 Å². The molecule has 0 amide bonds. The summed E-state index contributed by atoms with van der Waals surface area (Å²) in [4.78, 5) is 2.50. The third-order valence-electron chi connectivity index (χ3n) is 3.40. The molecule has 3 heteroatoms. The van der Waals surface area contributed by atoms with Gasteiger partial charge in [-0.15, -0.1) is 0 Å². The summed E-state index contributed by atoms with van der Waals surface area (Å²) in [6.45, 7) is 5.68. The lowest BCUT2D eigenvalue weighted by Crippen LogP contribution is -2.32. The third kappa shape index (κ3) is 3.47. The highest BCUT2D eigenvalue weighted by molar-refractivity contribution is 6.30. The van der Waals surface area contributed by atoms with Gasteiger partial charge >= 0.3 is 0 Å². The van der Waals surface area contributed by atoms with Crippen LogP contribution in [0.5, 0.6) is 0 Å². The average Bonchev–Trinajstić information content (AvgIpc) is 2.31. The zero-order chi connectivity index (χ0) is 10.5. The number of nitrogens with one attached hydrogen (secondary N) is 1. The van der Waals surface area contributed by atoms with E-state index in [-0.39, 0.29) is 0 Å². The molecule has 2 rings (SSSR count). The summed E-state index contributed by atoms with van der Waals surface area (Å²) in [5.74, 6) is 0. The number of hydrogen-bond donors (Lipinski definition) is 1. The monoisotopic (exact) mass is 228 g/mol. The molecule has 86 valence electrons. The summed E-state index contributed by atoms with van der Waals surface area (Å²) in [5, 5.41) is 4.49. The summed E-state index contributed by atoms with van der Waals surface area (Å²) in [6, 6.07) is 0. The predicted molar refractivity (Wildman–Crippen MR) is 65.3 cm³/mol. The first-order valence-electron chi connectivity index (χ1n) is 6.16. The third-order valence-corrected chi connectivity index (χ3v) is 3.79. The van der Waals surface area contributed by atoms with Crippen molar-refractivity contribution in [2.75, 3.05) is 32.7 Å². The fourth-order valence-corrected chi connectivity index (χ4v) is 2.78. The quantitative estimate of drug-likeness (QED) is 0.781. The van der Waals surface area contributed by atoms with Gasteiger partial charge in [-0.25, -0.2) is 0 Å². The van der Waals surface area contributed by atoms with Gasteiger partial charge in [-0.2, -0.15) is 0 Å². The molecular formula is C12H21ClN2. The van der Waals surface area contributed by atoms with Gasteiger partial charge in [0.1, 0.15) is 0 Å². The van der Waals surface area contributed by atoms with E-state index in [1.54, 1.807) is 0 Å². The first kappa shape index (κ1) is 11.4. The SMILES string of the molecule is ClC(CN1CCCCC1)=C1CCNCC1. The number of likely N-dealkylation sites (tertiary alicyclic amines) is 1. The van der Waals surface area contributed by atoms with Crippen molar-refractivity contribution < 1.29 is 0 Å². The molecule has 0 aromatic carbocycles. The van der Waals surface area contributed by atoms with Crippen LogP contribution in [-0.2, 0) is 0 Å². The van der Waals surface area contributed by atoms with Crippen LogP contribution >= 0.6 is 11.6 Å². The van der Waals surface area contributed by atoms with Gasteiger partial charge in [0.25, 0.3) is 0 Å². The molecule has 0 bridgehead atoms. The summed E-state index contributed by atoms with van der Waals surface area (Å²) in [7, 11) is 0. The molecule has 0 aliphatic carbocycles. The predicted octanol–water partition coefficient (Wildman–Crippen LogP) is 2.35. The zero-order valence-electron chi connectivity index (χ0n) is 9.40. The van der Waals surface area contributed by atoms with Crippen molar-refractivity contribution in [3.63, 3.8) is 0 Å². The van der Waals surface area contributed by atoms with Gasteiger partial charge in [0.05, 0.1) is 0 Å². The van der Waals surface area contributed by atoms with Crippen molar-refractivity contribution in [3.8, 4) is 0 Å². The lowest BCUT2D eigenvalue weighted by atomic mass is 10.0. The Balaban J connectivity index is 1.85. The molecule has 2 nitrogen and oxygen atoms in total. The Morgan fingerprint density at radius 2 is 1.80 bits per heavy atom. The van der Waals surface area contributed by atoms with Crippen LogP contribution in [-0.4, -0.2) is 37.6 Å². The molecule has 0 radical (unpaired) electrons. The maximum Gasteiger partial charge on any atom is 0.0341 e. The van der Waals surface area contributed by atoms with Crippen LogP contribution in [0.15, 0.2) is 10.6 Å². The zero-order valence-corrected chi connectivity index (χ0v) is 10.2. The van der Waals surface area contributed by atoms with Crippen molar-refractivity contribution in [2.24, 2.45) is 0 Å². The van der Waals surface area contributed by atoms with E-state index < -0.39 is 0 Å². The molecule has 0 aromatic heterocycles. The molecule has 0 atom stereocenters. The molecule has 2 saturated heterocycles. The second kappa shape index (κ2) is 5.88. The van der Waals surface area contributed by atoms with E-state index in [1.165, 1.54) is 37.9 Å². The summed E-state index contributed by atoms with van der Waals surface area (Å²) in [5.41, 5.74) is 1.49. The highest BCUT2D eigenvalue weighted by Gasteiger charge is 2.14. The maximum atomic E-state index is 6.40. The standard InChI is InChI=1S/C12H21ClN2/c13-12(11-4-6-14-7-5-11)10-15-8-2-1-3-9-15/h14H,1-10H2. The Morgan fingerprint density at radius 1 is 1.13 bits per heavy atom. The molecule has 0 aromatic rings. The van der Waals surface area contributed by atoms with Crippen molar-refractivity contribution in [2.45, 2.75) is 32.1 Å². The lowest BCUT2D eigenvalue weighted by Gasteiger charge is -2.27. The Hall–Kier alpha value is -0.0500. The molecule has 2 fully saturated rings. The number of rotatable bonds is 2. The van der Waals surface area contributed by atoms with Crippen LogP contribution in [0.25, 0.3) is 0 Å². The second-order valence-corrected chi connectivity index (χ2v) is 5.05. The van der Waals surface area contributed by atoms with Gasteiger partial charge in [-0.1, -0.05) is 23.6 Å². The second-order valence-electron chi connectivity index (χ2n) is 4.60. The number of halogens is 1. The van der Waals surface area contributed by atoms with Crippen LogP contribution in [0.3, 0.4) is 0 Å². The number of piperidine rings is 2. The minimum atomic E-state index is 0.997. The normalized spacial score (nSPS) is 24.2. The van der Waals surface area contributed by atoms with Crippen LogP contribution in [0.1, 0.15) is 32.1 Å². The van der Waals surface area contributed by atoms with Gasteiger partial charge in [0, 0.05) is 11.6 Å². The van der Waals surface area contributed by atoms with Crippen molar-refractivity contribution in [3.05, 3.63) is 10.6 Å². The molecule has 0 saturated carbocycles. The van der Waals surface area contributed by atoms with Crippen LogP contribution < -0.4 is 5.32 Å². The molecular weight excluding hydrogens is 208 g/mol. The summed E-state index contributed by atoms with van der Waals surface area (Å²) >= 11 is 6.40. The first-order valence-corrected chi connectivity index (χ1v) is 6.53. The Kier molecular flexibility index (Phi) is 4.48. The minimum absolute atomic E-state index is 0.997. The van der Waals surface area contributed by atoms with E-state index in [0.717, 1.165) is 37.5 Å². The fourth-order valence-electron chi connectivity index (χ4n) is 2.43.